The van der Waals surface area contributed by atoms with Crippen LogP contribution in [-0.2, 0) is 0 Å². The molecule has 0 spiro atoms. The van der Waals surface area contributed by atoms with Crippen molar-refractivity contribution in [3.8, 4) is 0 Å². The van der Waals surface area contributed by atoms with E-state index >= 15 is 0 Å². The zero-order valence-electron chi connectivity index (χ0n) is 13.8. The molecule has 0 saturated carbocycles. The van der Waals surface area contributed by atoms with Crippen LogP contribution in [-0.4, -0.2) is 52.6 Å². The van der Waals surface area contributed by atoms with Crippen LogP contribution in [0.5, 0.6) is 0 Å². The molecular weight excluding hydrogens is 276 g/mol. The van der Waals surface area contributed by atoms with Crippen LogP contribution in [0.2, 0.25) is 0 Å². The minimum atomic E-state index is 0.410. The summed E-state index contributed by atoms with van der Waals surface area (Å²) in [5.41, 5.74) is 2.89. The van der Waals surface area contributed by atoms with Gasteiger partial charge in [-0.25, -0.2) is 4.98 Å². The number of hydrogen-bond donors (Lipinski definition) is 2. The fourth-order valence-electron chi connectivity index (χ4n) is 3.14. The van der Waals surface area contributed by atoms with Crippen molar-refractivity contribution in [1.29, 1.82) is 0 Å². The Morgan fingerprint density at radius 1 is 1.27 bits per heavy atom. The second kappa shape index (κ2) is 6.04. The number of aryl methyl sites for hydroxylation is 2. The normalized spacial score (nSPS) is 18.8. The van der Waals surface area contributed by atoms with Crippen LogP contribution in [0.25, 0.3) is 11.0 Å². The van der Waals surface area contributed by atoms with Gasteiger partial charge in [0, 0.05) is 31.9 Å². The van der Waals surface area contributed by atoms with E-state index in [1.165, 1.54) is 0 Å². The van der Waals surface area contributed by atoms with Crippen molar-refractivity contribution < 1.29 is 0 Å². The maximum absolute atomic E-state index is 4.63. The fourth-order valence-corrected chi connectivity index (χ4v) is 3.14. The van der Waals surface area contributed by atoms with Gasteiger partial charge in [0.2, 0.25) is 5.95 Å². The lowest BCUT2D eigenvalue weighted by Crippen LogP contribution is -2.26. The van der Waals surface area contributed by atoms with Crippen LogP contribution in [0.1, 0.15) is 24.6 Å². The lowest BCUT2D eigenvalue weighted by atomic mass is 10.1. The molecule has 0 bridgehead atoms. The highest BCUT2D eigenvalue weighted by Gasteiger charge is 2.22. The van der Waals surface area contributed by atoms with Crippen molar-refractivity contribution in [2.75, 3.05) is 37.3 Å². The Labute approximate surface area is 131 Å². The maximum atomic E-state index is 4.63. The third-order valence-corrected chi connectivity index (χ3v) is 4.28. The Hall–Kier alpha value is -1.95. The van der Waals surface area contributed by atoms with Gasteiger partial charge < -0.3 is 15.5 Å². The van der Waals surface area contributed by atoms with Gasteiger partial charge in [0.1, 0.15) is 5.82 Å². The van der Waals surface area contributed by atoms with E-state index in [1.54, 1.807) is 0 Å². The summed E-state index contributed by atoms with van der Waals surface area (Å²) in [6, 6.07) is 2.48. The van der Waals surface area contributed by atoms with Crippen LogP contribution in [0.4, 0.5) is 11.8 Å². The second-order valence-electron chi connectivity index (χ2n) is 5.95. The number of likely N-dealkylation sites (tertiary alicyclic amines) is 1. The summed E-state index contributed by atoms with van der Waals surface area (Å²) in [5.74, 6) is 1.50. The number of anilines is 2. The first-order valence-electron chi connectivity index (χ1n) is 7.93. The van der Waals surface area contributed by atoms with Crippen molar-refractivity contribution >= 4 is 22.8 Å². The Morgan fingerprint density at radius 3 is 2.77 bits per heavy atom. The molecule has 2 N–H and O–H groups in total. The van der Waals surface area contributed by atoms with Crippen LogP contribution in [0, 0.1) is 13.8 Å². The van der Waals surface area contributed by atoms with Crippen molar-refractivity contribution in [1.82, 2.24) is 19.9 Å². The van der Waals surface area contributed by atoms with Gasteiger partial charge in [0.05, 0.1) is 5.39 Å². The van der Waals surface area contributed by atoms with Crippen molar-refractivity contribution in [2.45, 2.75) is 33.2 Å². The van der Waals surface area contributed by atoms with Crippen LogP contribution >= 0.6 is 0 Å². The maximum Gasteiger partial charge on any atom is 0.226 e. The number of pyridine rings is 1. The van der Waals surface area contributed by atoms with E-state index in [4.69, 9.17) is 0 Å². The summed E-state index contributed by atoms with van der Waals surface area (Å²) >= 11 is 0. The number of likely N-dealkylation sites (N-methyl/N-ethyl adjacent to an activating group) is 1. The highest BCUT2D eigenvalue weighted by Crippen LogP contribution is 2.25. The molecule has 2 aromatic heterocycles. The summed E-state index contributed by atoms with van der Waals surface area (Å²) in [6.45, 7) is 9.55. The lowest BCUT2D eigenvalue weighted by Gasteiger charge is -2.16. The molecule has 1 aliphatic heterocycles. The average Bonchev–Trinajstić information content (AvgIpc) is 2.93. The first-order chi connectivity index (χ1) is 10.6. The zero-order chi connectivity index (χ0) is 15.7. The number of aromatic nitrogens is 3. The first kappa shape index (κ1) is 15.0. The van der Waals surface area contributed by atoms with E-state index in [2.05, 4.69) is 50.4 Å². The third kappa shape index (κ3) is 2.83. The molecule has 1 saturated heterocycles. The number of nitrogens with one attached hydrogen (secondary N) is 2. The van der Waals surface area contributed by atoms with E-state index < -0.39 is 0 Å². The Morgan fingerprint density at radius 2 is 2.09 bits per heavy atom. The highest BCUT2D eigenvalue weighted by atomic mass is 15.2. The molecule has 2 aromatic rings. The van der Waals surface area contributed by atoms with Gasteiger partial charge in [-0.15, -0.1) is 0 Å². The van der Waals surface area contributed by atoms with E-state index in [-0.39, 0.29) is 0 Å². The summed E-state index contributed by atoms with van der Waals surface area (Å²) in [4.78, 5) is 16.3. The topological polar surface area (TPSA) is 66.0 Å². The molecular formula is C16H24N6. The van der Waals surface area contributed by atoms with Crippen molar-refractivity contribution in [3.05, 3.63) is 17.3 Å². The van der Waals surface area contributed by atoms with Crippen molar-refractivity contribution in [3.63, 3.8) is 0 Å². The smallest absolute Gasteiger partial charge is 0.226 e. The van der Waals surface area contributed by atoms with Crippen LogP contribution in [0.15, 0.2) is 6.07 Å². The minimum Gasteiger partial charge on any atom is -0.372 e. The van der Waals surface area contributed by atoms with Crippen LogP contribution in [0.3, 0.4) is 0 Å². The van der Waals surface area contributed by atoms with E-state index in [9.17, 15) is 0 Å². The molecule has 1 unspecified atom stereocenters. The van der Waals surface area contributed by atoms with Crippen LogP contribution < -0.4 is 10.6 Å². The first-order valence-corrected chi connectivity index (χ1v) is 7.93. The minimum absolute atomic E-state index is 0.410. The van der Waals surface area contributed by atoms with Gasteiger partial charge in [-0.3, -0.25) is 0 Å². The number of fused-ring (bicyclic) bond motifs is 1. The molecule has 1 aliphatic rings. The predicted molar refractivity (Wildman–Crippen MR) is 90.5 cm³/mol. The number of nitrogens with zero attached hydrogens (tertiary/aromatic N) is 4. The number of rotatable bonds is 4. The third-order valence-electron chi connectivity index (χ3n) is 4.28. The van der Waals surface area contributed by atoms with Gasteiger partial charge in [-0.1, -0.05) is 6.92 Å². The fraction of sp³-hybridized carbons (Fsp3) is 0.562. The molecule has 22 heavy (non-hydrogen) atoms. The summed E-state index contributed by atoms with van der Waals surface area (Å²) < 4.78 is 0. The molecule has 0 aliphatic carbocycles. The Balaban J connectivity index is 1.94. The number of hydrogen-bond acceptors (Lipinski definition) is 6. The van der Waals surface area contributed by atoms with Gasteiger partial charge in [0.25, 0.3) is 0 Å². The monoisotopic (exact) mass is 300 g/mol. The molecule has 6 nitrogen and oxygen atoms in total. The van der Waals surface area contributed by atoms with Gasteiger partial charge in [-0.2, -0.15) is 9.97 Å². The molecule has 0 aromatic carbocycles. The van der Waals surface area contributed by atoms with Gasteiger partial charge >= 0.3 is 0 Å². The van der Waals surface area contributed by atoms with Gasteiger partial charge in [0.15, 0.2) is 5.65 Å². The van der Waals surface area contributed by atoms with E-state index in [0.717, 1.165) is 54.2 Å². The van der Waals surface area contributed by atoms with E-state index in [1.807, 2.05) is 14.0 Å². The van der Waals surface area contributed by atoms with Crippen molar-refractivity contribution in [2.24, 2.45) is 0 Å². The summed E-state index contributed by atoms with van der Waals surface area (Å²) in [5, 5.41) is 7.64. The predicted octanol–water partition coefficient (Wildman–Crippen LogP) is 2.19. The molecule has 1 fully saturated rings. The molecule has 0 amide bonds. The molecule has 3 heterocycles. The Kier molecular flexibility index (Phi) is 4.11. The molecule has 1 atom stereocenters. The summed E-state index contributed by atoms with van der Waals surface area (Å²) in [6.07, 6.45) is 1.13. The highest BCUT2D eigenvalue weighted by molar-refractivity contribution is 5.90. The summed E-state index contributed by atoms with van der Waals surface area (Å²) in [7, 11) is 1.89. The molecule has 3 rings (SSSR count). The second-order valence-corrected chi connectivity index (χ2v) is 5.95. The quantitative estimate of drug-likeness (QED) is 0.902. The average molecular weight is 300 g/mol. The SMILES string of the molecule is CCN1CCC(Nc2nc(NC)c3c(C)cc(C)nc3n2)C1. The molecule has 118 valence electrons. The standard InChI is InChI=1S/C16H24N6/c1-5-22-7-6-12(9-22)19-16-20-14(17-4)13-10(2)8-11(3)18-15(13)21-16/h8,12H,5-7,9H2,1-4H3,(H2,17,18,19,20,21). The largest absolute Gasteiger partial charge is 0.372 e. The zero-order valence-corrected chi connectivity index (χ0v) is 13.8. The van der Waals surface area contributed by atoms with Gasteiger partial charge in [-0.05, 0) is 38.4 Å². The Bertz CT molecular complexity index is 684. The molecule has 0 radical (unpaired) electrons. The molecule has 6 heteroatoms. The van der Waals surface area contributed by atoms with E-state index in [0.29, 0.717) is 12.0 Å². The lowest BCUT2D eigenvalue weighted by molar-refractivity contribution is 0.355.